The Morgan fingerprint density at radius 3 is 2.77 bits per heavy atom. The third-order valence-electron chi connectivity index (χ3n) is 3.82. The number of aromatic nitrogens is 4. The van der Waals surface area contributed by atoms with E-state index in [2.05, 4.69) is 25.9 Å². The number of carbonyl (C=O) groups is 2. The van der Waals surface area contributed by atoms with Crippen LogP contribution in [0.1, 0.15) is 28.7 Å². The number of anilines is 2. The highest BCUT2D eigenvalue weighted by atomic mass is 32.1. The molecule has 0 fully saturated rings. The Balaban J connectivity index is 1.69. The van der Waals surface area contributed by atoms with Gasteiger partial charge in [0.2, 0.25) is 5.91 Å². The topological polar surface area (TPSA) is 102 Å². The van der Waals surface area contributed by atoms with Gasteiger partial charge in [-0.3, -0.25) is 9.59 Å². The molecule has 26 heavy (non-hydrogen) atoms. The van der Waals surface area contributed by atoms with Crippen molar-refractivity contribution in [1.82, 2.24) is 20.0 Å². The van der Waals surface area contributed by atoms with E-state index in [1.807, 2.05) is 31.2 Å². The second-order valence-electron chi connectivity index (χ2n) is 5.53. The number of hydrogen-bond acceptors (Lipinski definition) is 6. The summed E-state index contributed by atoms with van der Waals surface area (Å²) in [6.07, 6.45) is 2.41. The molecule has 0 aliphatic heterocycles. The highest BCUT2D eigenvalue weighted by Crippen LogP contribution is 2.17. The van der Waals surface area contributed by atoms with Gasteiger partial charge >= 0.3 is 0 Å². The van der Waals surface area contributed by atoms with Crippen LogP contribution < -0.4 is 10.6 Å². The highest BCUT2D eigenvalue weighted by Gasteiger charge is 2.19. The Bertz CT molecular complexity index is 919. The molecule has 2 aromatic heterocycles. The first-order valence-corrected chi connectivity index (χ1v) is 8.95. The number of nitrogens with one attached hydrogen (secondary N) is 2. The number of rotatable bonds is 6. The normalized spacial score (nSPS) is 10.5. The van der Waals surface area contributed by atoms with Crippen molar-refractivity contribution < 1.29 is 9.59 Å². The lowest BCUT2D eigenvalue weighted by atomic mass is 10.1. The number of hydrogen-bond donors (Lipinski definition) is 2. The molecule has 0 spiro atoms. The molecule has 3 aromatic rings. The van der Waals surface area contributed by atoms with Crippen molar-refractivity contribution in [3.63, 3.8) is 0 Å². The van der Waals surface area contributed by atoms with Crippen LogP contribution in [0.2, 0.25) is 0 Å². The predicted molar refractivity (Wildman–Crippen MR) is 99.3 cm³/mol. The van der Waals surface area contributed by atoms with E-state index < -0.39 is 0 Å². The summed E-state index contributed by atoms with van der Waals surface area (Å²) in [6.45, 7) is 3.68. The van der Waals surface area contributed by atoms with E-state index in [1.165, 1.54) is 16.0 Å². The van der Waals surface area contributed by atoms with Crippen LogP contribution in [-0.2, 0) is 17.8 Å². The fourth-order valence-corrected chi connectivity index (χ4v) is 2.98. The Hall–Kier alpha value is -3.07. The highest BCUT2D eigenvalue weighted by molar-refractivity contribution is 7.13. The van der Waals surface area contributed by atoms with E-state index in [1.54, 1.807) is 18.5 Å². The van der Waals surface area contributed by atoms with Crippen molar-refractivity contribution in [3.05, 3.63) is 52.8 Å². The number of aryl methyl sites for hydroxylation is 1. The zero-order chi connectivity index (χ0) is 18.5. The fourth-order valence-electron chi connectivity index (χ4n) is 2.43. The number of para-hydroxylation sites is 1. The number of carbonyl (C=O) groups excluding carboxylic acids is 2. The third kappa shape index (κ3) is 3.94. The van der Waals surface area contributed by atoms with E-state index in [4.69, 9.17) is 0 Å². The molecule has 134 valence electrons. The molecule has 0 saturated heterocycles. The van der Waals surface area contributed by atoms with E-state index in [0.29, 0.717) is 10.8 Å². The lowest BCUT2D eigenvalue weighted by Crippen LogP contribution is -2.21. The van der Waals surface area contributed by atoms with Crippen LogP contribution >= 0.6 is 11.3 Å². The van der Waals surface area contributed by atoms with Crippen LogP contribution in [0.15, 0.2) is 35.8 Å². The minimum Gasteiger partial charge on any atom is -0.320 e. The molecule has 2 N–H and O–H groups in total. The second kappa shape index (κ2) is 7.87. The molecule has 2 heterocycles. The molecule has 0 saturated carbocycles. The number of thiazole rings is 1. The van der Waals surface area contributed by atoms with Gasteiger partial charge in [-0.1, -0.05) is 30.3 Å². The van der Waals surface area contributed by atoms with Crippen LogP contribution in [-0.4, -0.2) is 31.8 Å². The van der Waals surface area contributed by atoms with Gasteiger partial charge in [0.15, 0.2) is 10.8 Å². The molecule has 0 aliphatic carbocycles. The summed E-state index contributed by atoms with van der Waals surface area (Å²) in [5.74, 6) is -0.633. The SMILES string of the molecule is CCc1ccccc1NC(=O)c1nnn(CC(=O)Nc2nccs2)c1C. The van der Waals surface area contributed by atoms with Crippen LogP contribution in [0.3, 0.4) is 0 Å². The summed E-state index contributed by atoms with van der Waals surface area (Å²) in [4.78, 5) is 28.6. The van der Waals surface area contributed by atoms with E-state index in [-0.39, 0.29) is 24.1 Å². The fraction of sp³-hybridized carbons (Fsp3) is 0.235. The largest absolute Gasteiger partial charge is 0.320 e. The Labute approximate surface area is 154 Å². The lowest BCUT2D eigenvalue weighted by Gasteiger charge is -2.09. The van der Waals surface area contributed by atoms with E-state index in [9.17, 15) is 9.59 Å². The first kappa shape index (κ1) is 17.7. The number of benzene rings is 1. The van der Waals surface area contributed by atoms with Crippen LogP contribution in [0, 0.1) is 6.92 Å². The van der Waals surface area contributed by atoms with Gasteiger partial charge in [-0.05, 0) is 25.0 Å². The molecule has 0 bridgehead atoms. The Kier molecular flexibility index (Phi) is 5.37. The van der Waals surface area contributed by atoms with Gasteiger partial charge in [-0.25, -0.2) is 9.67 Å². The van der Waals surface area contributed by atoms with Gasteiger partial charge < -0.3 is 10.6 Å². The van der Waals surface area contributed by atoms with Gasteiger partial charge in [0.05, 0.1) is 5.69 Å². The quantitative estimate of drug-likeness (QED) is 0.694. The van der Waals surface area contributed by atoms with Crippen molar-refractivity contribution in [2.45, 2.75) is 26.8 Å². The van der Waals surface area contributed by atoms with E-state index in [0.717, 1.165) is 17.7 Å². The maximum Gasteiger partial charge on any atom is 0.278 e. The van der Waals surface area contributed by atoms with Crippen LogP contribution in [0.25, 0.3) is 0 Å². The summed E-state index contributed by atoms with van der Waals surface area (Å²) in [7, 11) is 0. The van der Waals surface area contributed by atoms with Crippen molar-refractivity contribution in [3.8, 4) is 0 Å². The predicted octanol–water partition coefficient (Wildman–Crippen LogP) is 2.50. The second-order valence-corrected chi connectivity index (χ2v) is 6.43. The van der Waals surface area contributed by atoms with Gasteiger partial charge in [-0.15, -0.1) is 16.4 Å². The average Bonchev–Trinajstić information content (AvgIpc) is 3.26. The van der Waals surface area contributed by atoms with E-state index >= 15 is 0 Å². The molecule has 8 nitrogen and oxygen atoms in total. The van der Waals surface area contributed by atoms with Crippen molar-refractivity contribution in [1.29, 1.82) is 0 Å². The van der Waals surface area contributed by atoms with Crippen molar-refractivity contribution in [2.75, 3.05) is 10.6 Å². The molecule has 9 heteroatoms. The summed E-state index contributed by atoms with van der Waals surface area (Å²) in [5, 5.41) is 15.7. The zero-order valence-electron chi connectivity index (χ0n) is 14.4. The van der Waals surface area contributed by atoms with Crippen molar-refractivity contribution >= 4 is 34.0 Å². The van der Waals surface area contributed by atoms with Gasteiger partial charge in [-0.2, -0.15) is 0 Å². The molecule has 0 atom stereocenters. The number of nitrogens with zero attached hydrogens (tertiary/aromatic N) is 4. The van der Waals surface area contributed by atoms with Gasteiger partial charge in [0, 0.05) is 17.3 Å². The van der Waals surface area contributed by atoms with Crippen LogP contribution in [0.5, 0.6) is 0 Å². The van der Waals surface area contributed by atoms with Crippen LogP contribution in [0.4, 0.5) is 10.8 Å². The number of amides is 2. The zero-order valence-corrected chi connectivity index (χ0v) is 15.2. The minimum atomic E-state index is -0.352. The minimum absolute atomic E-state index is 0.0444. The molecule has 3 rings (SSSR count). The third-order valence-corrected chi connectivity index (χ3v) is 4.50. The smallest absolute Gasteiger partial charge is 0.278 e. The molecular formula is C17H18N6O2S. The standard InChI is InChI=1S/C17H18N6O2S/c1-3-12-6-4-5-7-13(12)19-16(25)15-11(2)23(22-21-15)10-14(24)20-17-18-8-9-26-17/h4-9H,3,10H2,1-2H3,(H,19,25)(H,18,20,24). The molecular weight excluding hydrogens is 352 g/mol. The molecule has 2 amide bonds. The maximum atomic E-state index is 12.5. The average molecular weight is 370 g/mol. The Morgan fingerprint density at radius 2 is 2.04 bits per heavy atom. The van der Waals surface area contributed by atoms with Crippen molar-refractivity contribution in [2.24, 2.45) is 0 Å². The molecule has 0 aliphatic rings. The summed E-state index contributed by atoms with van der Waals surface area (Å²) in [5.41, 5.74) is 2.49. The molecule has 0 unspecified atom stereocenters. The summed E-state index contributed by atoms with van der Waals surface area (Å²) in [6, 6.07) is 7.60. The first-order valence-electron chi connectivity index (χ1n) is 8.07. The first-order chi connectivity index (χ1) is 12.6. The van der Waals surface area contributed by atoms with Gasteiger partial charge in [0.25, 0.3) is 5.91 Å². The van der Waals surface area contributed by atoms with Gasteiger partial charge in [0.1, 0.15) is 6.54 Å². The summed E-state index contributed by atoms with van der Waals surface area (Å²) < 4.78 is 1.39. The summed E-state index contributed by atoms with van der Waals surface area (Å²) >= 11 is 1.33. The molecule has 0 radical (unpaired) electrons. The monoisotopic (exact) mass is 370 g/mol. The molecule has 1 aromatic carbocycles. The Morgan fingerprint density at radius 1 is 1.23 bits per heavy atom. The maximum absolute atomic E-state index is 12.5. The lowest BCUT2D eigenvalue weighted by molar-refractivity contribution is -0.117.